The molecular weight excluding hydrogens is 457 g/mol. The number of benzene rings is 2. The van der Waals surface area contributed by atoms with Crippen molar-refractivity contribution in [2.24, 2.45) is 0 Å². The topological polar surface area (TPSA) is 41.5 Å². The van der Waals surface area contributed by atoms with Crippen molar-refractivity contribution in [2.45, 2.75) is 13.5 Å². The number of phenols is 1. The Kier molecular flexibility index (Phi) is 6.26. The van der Waals surface area contributed by atoms with Crippen LogP contribution in [0.25, 0.3) is 0 Å². The molecule has 0 aromatic heterocycles. The van der Waals surface area contributed by atoms with E-state index in [1.807, 2.05) is 19.1 Å². The van der Waals surface area contributed by atoms with Crippen LogP contribution < -0.4 is 10.1 Å². The Balaban J connectivity index is 2.15. The molecule has 0 fully saturated rings. The summed E-state index contributed by atoms with van der Waals surface area (Å²) in [5, 5.41) is 13.2. The standard InChI is InChI=1S/C15H13Br2Cl2NO2/c1-2-22-15-10(16)3-8(4-11(15)17)7-20-9-5-12(18)14(21)13(19)6-9/h3-6,20-21H,2,7H2,1H3. The van der Waals surface area contributed by atoms with Crippen molar-refractivity contribution in [1.29, 1.82) is 0 Å². The van der Waals surface area contributed by atoms with Gasteiger partial charge in [0.05, 0.1) is 25.6 Å². The van der Waals surface area contributed by atoms with Crippen LogP contribution in [0.15, 0.2) is 33.2 Å². The number of aromatic hydroxyl groups is 1. The van der Waals surface area contributed by atoms with Gasteiger partial charge in [-0.25, -0.2) is 0 Å². The van der Waals surface area contributed by atoms with Gasteiger partial charge in [0.2, 0.25) is 0 Å². The summed E-state index contributed by atoms with van der Waals surface area (Å²) in [4.78, 5) is 0. The summed E-state index contributed by atoms with van der Waals surface area (Å²) >= 11 is 18.8. The number of ether oxygens (including phenoxy) is 1. The highest BCUT2D eigenvalue weighted by atomic mass is 79.9. The molecule has 0 bridgehead atoms. The lowest BCUT2D eigenvalue weighted by Crippen LogP contribution is -2.01. The van der Waals surface area contributed by atoms with Gasteiger partial charge in [0.15, 0.2) is 5.75 Å². The lowest BCUT2D eigenvalue weighted by atomic mass is 10.2. The molecule has 3 nitrogen and oxygen atoms in total. The van der Waals surface area contributed by atoms with Gasteiger partial charge < -0.3 is 15.2 Å². The molecule has 0 saturated carbocycles. The van der Waals surface area contributed by atoms with Crippen molar-refractivity contribution < 1.29 is 9.84 Å². The monoisotopic (exact) mass is 467 g/mol. The van der Waals surface area contributed by atoms with Crippen LogP contribution in [0.1, 0.15) is 12.5 Å². The highest BCUT2D eigenvalue weighted by molar-refractivity contribution is 9.11. The van der Waals surface area contributed by atoms with Gasteiger partial charge >= 0.3 is 0 Å². The minimum Gasteiger partial charge on any atom is -0.505 e. The summed E-state index contributed by atoms with van der Waals surface area (Å²) in [5.41, 5.74) is 1.77. The van der Waals surface area contributed by atoms with Gasteiger partial charge in [0.1, 0.15) is 5.75 Å². The van der Waals surface area contributed by atoms with Gasteiger partial charge in [-0.2, -0.15) is 0 Å². The number of phenolic OH excluding ortho intramolecular Hbond substituents is 1. The van der Waals surface area contributed by atoms with Crippen molar-refractivity contribution in [2.75, 3.05) is 11.9 Å². The van der Waals surface area contributed by atoms with Crippen molar-refractivity contribution >= 4 is 60.7 Å². The van der Waals surface area contributed by atoms with E-state index in [9.17, 15) is 5.11 Å². The van der Waals surface area contributed by atoms with E-state index in [2.05, 4.69) is 37.2 Å². The summed E-state index contributed by atoms with van der Waals surface area (Å²) in [6.45, 7) is 3.10. The first kappa shape index (κ1) is 17.7. The average molecular weight is 470 g/mol. The molecule has 2 N–H and O–H groups in total. The number of halogens is 4. The molecule has 118 valence electrons. The fraction of sp³-hybridized carbons (Fsp3) is 0.200. The second kappa shape index (κ2) is 7.77. The van der Waals surface area contributed by atoms with E-state index >= 15 is 0 Å². The van der Waals surface area contributed by atoms with Gasteiger partial charge in [0.25, 0.3) is 0 Å². The van der Waals surface area contributed by atoms with E-state index in [1.54, 1.807) is 12.1 Å². The maximum atomic E-state index is 9.55. The fourth-order valence-corrected chi connectivity index (χ4v) is 3.87. The molecule has 2 aromatic rings. The van der Waals surface area contributed by atoms with Gasteiger partial charge in [-0.3, -0.25) is 0 Å². The predicted octanol–water partition coefficient (Wildman–Crippen LogP) is 6.23. The number of nitrogens with one attached hydrogen (secondary N) is 1. The molecule has 0 heterocycles. The third-order valence-corrected chi connectivity index (χ3v) is 4.61. The molecule has 7 heteroatoms. The first-order valence-electron chi connectivity index (χ1n) is 6.45. The van der Waals surface area contributed by atoms with Gasteiger partial charge in [-0.05, 0) is 68.6 Å². The maximum absolute atomic E-state index is 9.55. The highest BCUT2D eigenvalue weighted by Crippen LogP contribution is 2.36. The third kappa shape index (κ3) is 4.22. The molecule has 0 unspecified atom stereocenters. The van der Waals surface area contributed by atoms with E-state index in [-0.39, 0.29) is 15.8 Å². The molecule has 0 aliphatic carbocycles. The second-order valence-electron chi connectivity index (χ2n) is 4.46. The Bertz CT molecular complexity index is 649. The highest BCUT2D eigenvalue weighted by Gasteiger charge is 2.10. The molecule has 0 aliphatic heterocycles. The Labute approximate surface area is 155 Å². The lowest BCUT2D eigenvalue weighted by Gasteiger charge is -2.13. The number of hydrogen-bond acceptors (Lipinski definition) is 3. The van der Waals surface area contributed by atoms with Gasteiger partial charge in [0, 0.05) is 12.2 Å². The van der Waals surface area contributed by atoms with Crippen LogP contribution in [0.4, 0.5) is 5.69 Å². The SMILES string of the molecule is CCOc1c(Br)cc(CNc2cc(Cl)c(O)c(Cl)c2)cc1Br. The van der Waals surface area contributed by atoms with E-state index in [1.165, 1.54) is 0 Å². The zero-order chi connectivity index (χ0) is 16.3. The molecule has 2 aromatic carbocycles. The van der Waals surface area contributed by atoms with Gasteiger partial charge in [-0.15, -0.1) is 0 Å². The first-order valence-corrected chi connectivity index (χ1v) is 8.79. The molecule has 0 spiro atoms. The Morgan fingerprint density at radius 3 is 2.14 bits per heavy atom. The van der Waals surface area contributed by atoms with Crippen LogP contribution in [0.3, 0.4) is 0 Å². The Morgan fingerprint density at radius 2 is 1.64 bits per heavy atom. The molecule has 0 saturated heterocycles. The largest absolute Gasteiger partial charge is 0.505 e. The predicted molar refractivity (Wildman–Crippen MR) is 98.5 cm³/mol. The van der Waals surface area contributed by atoms with Crippen LogP contribution in [0, 0.1) is 0 Å². The zero-order valence-corrected chi connectivity index (χ0v) is 16.3. The minimum atomic E-state index is -0.111. The Hall–Kier alpha value is -0.620. The minimum absolute atomic E-state index is 0.111. The molecule has 0 aliphatic rings. The van der Waals surface area contributed by atoms with Crippen LogP contribution in [-0.4, -0.2) is 11.7 Å². The quantitative estimate of drug-likeness (QED) is 0.509. The first-order chi connectivity index (χ1) is 10.4. The van der Waals surface area contributed by atoms with Crippen LogP contribution in [0.5, 0.6) is 11.5 Å². The summed E-state index contributed by atoms with van der Waals surface area (Å²) in [6, 6.07) is 7.21. The molecular formula is C15H13Br2Cl2NO2. The molecule has 22 heavy (non-hydrogen) atoms. The van der Waals surface area contributed by atoms with E-state index in [0.29, 0.717) is 13.2 Å². The fourth-order valence-electron chi connectivity index (χ4n) is 1.87. The smallest absolute Gasteiger partial charge is 0.152 e. The van der Waals surface area contributed by atoms with Crippen LogP contribution in [0.2, 0.25) is 10.0 Å². The van der Waals surface area contributed by atoms with E-state index in [4.69, 9.17) is 27.9 Å². The van der Waals surface area contributed by atoms with Crippen LogP contribution in [-0.2, 0) is 6.54 Å². The molecule has 2 rings (SSSR count). The second-order valence-corrected chi connectivity index (χ2v) is 6.99. The Morgan fingerprint density at radius 1 is 1.09 bits per heavy atom. The summed E-state index contributed by atoms with van der Waals surface area (Å²) in [6.07, 6.45) is 0. The van der Waals surface area contributed by atoms with E-state index < -0.39 is 0 Å². The summed E-state index contributed by atoms with van der Waals surface area (Å²) in [7, 11) is 0. The number of hydrogen-bond donors (Lipinski definition) is 2. The average Bonchev–Trinajstić information content (AvgIpc) is 2.46. The number of anilines is 1. The van der Waals surface area contributed by atoms with Crippen molar-refractivity contribution in [3.05, 3.63) is 48.8 Å². The lowest BCUT2D eigenvalue weighted by molar-refractivity contribution is 0.336. The summed E-state index contributed by atoms with van der Waals surface area (Å²) in [5.74, 6) is 0.669. The molecule has 0 radical (unpaired) electrons. The van der Waals surface area contributed by atoms with E-state index in [0.717, 1.165) is 25.9 Å². The zero-order valence-electron chi connectivity index (χ0n) is 11.6. The van der Waals surface area contributed by atoms with Gasteiger partial charge in [-0.1, -0.05) is 23.2 Å². The molecule has 0 atom stereocenters. The van der Waals surface area contributed by atoms with Crippen molar-refractivity contribution in [3.8, 4) is 11.5 Å². The van der Waals surface area contributed by atoms with Crippen molar-refractivity contribution in [3.63, 3.8) is 0 Å². The number of rotatable bonds is 5. The molecule has 0 amide bonds. The third-order valence-electron chi connectivity index (χ3n) is 2.86. The normalized spacial score (nSPS) is 10.6. The summed E-state index contributed by atoms with van der Waals surface area (Å²) < 4.78 is 7.31. The van der Waals surface area contributed by atoms with Crippen molar-refractivity contribution in [1.82, 2.24) is 0 Å². The van der Waals surface area contributed by atoms with Crippen LogP contribution >= 0.6 is 55.1 Å². The maximum Gasteiger partial charge on any atom is 0.152 e.